The third-order valence-corrected chi connectivity index (χ3v) is 1.75. The van der Waals surface area contributed by atoms with Gasteiger partial charge in [0.1, 0.15) is 0 Å². The van der Waals surface area contributed by atoms with Crippen molar-refractivity contribution in [2.75, 3.05) is 0 Å². The third-order valence-electron chi connectivity index (χ3n) is 1.75. The predicted molar refractivity (Wildman–Crippen MR) is 46.2 cm³/mol. The number of hydrogen-bond acceptors (Lipinski definition) is 0. The number of benzene rings is 1. The van der Waals surface area contributed by atoms with Gasteiger partial charge in [-0.3, -0.25) is 0 Å². The summed E-state index contributed by atoms with van der Waals surface area (Å²) in [6, 6.07) is 6.21. The molecule has 0 unspecified atom stereocenters. The van der Waals surface area contributed by atoms with E-state index in [0.29, 0.717) is 6.54 Å². The molecule has 0 spiro atoms. The molecule has 1 nitrogen and oxygen atoms in total. The van der Waals surface area contributed by atoms with Crippen LogP contribution < -0.4 is 0 Å². The molecule has 0 aromatic heterocycles. The minimum atomic E-state index is 0.507. The SMILES string of the molecule is [C-]#[N+]Cc1cc(C)ccc1C. The van der Waals surface area contributed by atoms with Crippen molar-refractivity contribution in [3.8, 4) is 0 Å². The monoisotopic (exact) mass is 145 g/mol. The van der Waals surface area contributed by atoms with Crippen molar-refractivity contribution in [2.24, 2.45) is 0 Å². The summed E-state index contributed by atoms with van der Waals surface area (Å²) in [6.45, 7) is 11.3. The molecule has 0 aliphatic heterocycles. The smallest absolute Gasteiger partial charge is 0.240 e. The maximum atomic E-state index is 6.73. The Balaban J connectivity index is 3.05. The first-order valence-electron chi connectivity index (χ1n) is 3.63. The fraction of sp³-hybridized carbons (Fsp3) is 0.300. The van der Waals surface area contributed by atoms with Crippen LogP contribution in [0, 0.1) is 20.4 Å². The average Bonchev–Trinajstić information content (AvgIpc) is 1.98. The fourth-order valence-electron chi connectivity index (χ4n) is 1.06. The molecular formula is C10H11N. The molecule has 0 N–H and O–H groups in total. The summed E-state index contributed by atoms with van der Waals surface area (Å²) in [7, 11) is 0. The predicted octanol–water partition coefficient (Wildman–Crippen LogP) is 2.72. The van der Waals surface area contributed by atoms with E-state index in [2.05, 4.69) is 23.0 Å². The molecule has 11 heavy (non-hydrogen) atoms. The third kappa shape index (κ3) is 1.81. The summed E-state index contributed by atoms with van der Waals surface area (Å²) in [5.74, 6) is 0. The van der Waals surface area contributed by atoms with Gasteiger partial charge in [0.25, 0.3) is 0 Å². The van der Waals surface area contributed by atoms with Crippen molar-refractivity contribution < 1.29 is 0 Å². The van der Waals surface area contributed by atoms with Crippen molar-refractivity contribution in [2.45, 2.75) is 20.4 Å². The van der Waals surface area contributed by atoms with Crippen LogP contribution in [0.1, 0.15) is 16.7 Å². The maximum absolute atomic E-state index is 6.73. The Hall–Kier alpha value is -1.29. The fourth-order valence-corrected chi connectivity index (χ4v) is 1.06. The first-order valence-corrected chi connectivity index (χ1v) is 3.63. The number of aryl methyl sites for hydroxylation is 2. The second-order valence-corrected chi connectivity index (χ2v) is 2.75. The van der Waals surface area contributed by atoms with E-state index in [1.54, 1.807) is 0 Å². The topological polar surface area (TPSA) is 4.36 Å². The highest BCUT2D eigenvalue weighted by molar-refractivity contribution is 5.31. The number of nitrogens with zero attached hydrogens (tertiary/aromatic N) is 1. The van der Waals surface area contributed by atoms with E-state index in [1.165, 1.54) is 11.1 Å². The molecule has 56 valence electrons. The van der Waals surface area contributed by atoms with Gasteiger partial charge in [-0.1, -0.05) is 17.7 Å². The first kappa shape index (κ1) is 7.81. The molecule has 0 fully saturated rings. The van der Waals surface area contributed by atoms with E-state index in [4.69, 9.17) is 6.57 Å². The van der Waals surface area contributed by atoms with Gasteiger partial charge in [-0.05, 0) is 25.5 Å². The highest BCUT2D eigenvalue weighted by Crippen LogP contribution is 2.11. The van der Waals surface area contributed by atoms with Gasteiger partial charge in [-0.15, -0.1) is 0 Å². The highest BCUT2D eigenvalue weighted by Gasteiger charge is 1.99. The van der Waals surface area contributed by atoms with Crippen LogP contribution in [0.15, 0.2) is 18.2 Å². The van der Waals surface area contributed by atoms with Gasteiger partial charge >= 0.3 is 0 Å². The highest BCUT2D eigenvalue weighted by atomic mass is 14.6. The molecular weight excluding hydrogens is 134 g/mol. The largest absolute Gasteiger partial charge is 0.312 e. The first-order chi connectivity index (χ1) is 5.24. The molecule has 0 saturated carbocycles. The van der Waals surface area contributed by atoms with Crippen molar-refractivity contribution in [3.05, 3.63) is 46.3 Å². The molecule has 0 aliphatic carbocycles. The number of hydrogen-bond donors (Lipinski definition) is 0. The van der Waals surface area contributed by atoms with Crippen molar-refractivity contribution in [1.82, 2.24) is 0 Å². The normalized spacial score (nSPS) is 9.18. The van der Waals surface area contributed by atoms with Gasteiger partial charge < -0.3 is 4.85 Å². The van der Waals surface area contributed by atoms with Gasteiger partial charge in [-0.25, -0.2) is 6.57 Å². The molecule has 1 aromatic rings. The lowest BCUT2D eigenvalue weighted by Crippen LogP contribution is -1.86. The Morgan fingerprint density at radius 3 is 2.73 bits per heavy atom. The van der Waals surface area contributed by atoms with Gasteiger partial charge in [0, 0.05) is 5.56 Å². The van der Waals surface area contributed by atoms with Crippen LogP contribution in [0.3, 0.4) is 0 Å². The molecule has 1 aromatic carbocycles. The Kier molecular flexibility index (Phi) is 2.28. The molecule has 0 atom stereocenters. The van der Waals surface area contributed by atoms with Crippen LogP contribution >= 0.6 is 0 Å². The summed E-state index contributed by atoms with van der Waals surface area (Å²) in [5.41, 5.74) is 3.60. The standard InChI is InChI=1S/C10H11N/c1-8-4-5-9(2)10(6-8)7-11-3/h4-6H,7H2,1-2H3. The van der Waals surface area contributed by atoms with Crippen LogP contribution in [0.25, 0.3) is 4.85 Å². The quantitative estimate of drug-likeness (QED) is 0.535. The molecule has 0 aliphatic rings. The summed E-state index contributed by atoms with van der Waals surface area (Å²) in [4.78, 5) is 3.36. The zero-order valence-electron chi connectivity index (χ0n) is 6.89. The molecule has 0 amide bonds. The van der Waals surface area contributed by atoms with E-state index < -0.39 is 0 Å². The number of rotatable bonds is 1. The van der Waals surface area contributed by atoms with Crippen LogP contribution in [0.2, 0.25) is 0 Å². The Labute approximate surface area is 67.5 Å². The van der Waals surface area contributed by atoms with E-state index in [-0.39, 0.29) is 0 Å². The van der Waals surface area contributed by atoms with E-state index in [9.17, 15) is 0 Å². The minimum absolute atomic E-state index is 0.507. The van der Waals surface area contributed by atoms with Crippen LogP contribution in [-0.4, -0.2) is 0 Å². The second-order valence-electron chi connectivity index (χ2n) is 2.75. The van der Waals surface area contributed by atoms with E-state index in [1.807, 2.05) is 13.8 Å². The van der Waals surface area contributed by atoms with Crippen molar-refractivity contribution in [3.63, 3.8) is 0 Å². The Morgan fingerprint density at radius 2 is 2.09 bits per heavy atom. The van der Waals surface area contributed by atoms with Crippen molar-refractivity contribution >= 4 is 0 Å². The molecule has 0 bridgehead atoms. The lowest BCUT2D eigenvalue weighted by Gasteiger charge is -1.99. The lowest BCUT2D eigenvalue weighted by molar-refractivity contribution is 1.19. The minimum Gasteiger partial charge on any atom is -0.312 e. The zero-order chi connectivity index (χ0) is 8.27. The molecule has 0 heterocycles. The van der Waals surface area contributed by atoms with E-state index >= 15 is 0 Å². The summed E-state index contributed by atoms with van der Waals surface area (Å²) >= 11 is 0. The van der Waals surface area contributed by atoms with E-state index in [0.717, 1.165) is 5.56 Å². The molecule has 0 radical (unpaired) electrons. The summed E-state index contributed by atoms with van der Waals surface area (Å²) in [6.07, 6.45) is 0. The Bertz CT molecular complexity index is 294. The summed E-state index contributed by atoms with van der Waals surface area (Å²) in [5, 5.41) is 0. The molecule has 1 heteroatoms. The van der Waals surface area contributed by atoms with Gasteiger partial charge in [0.05, 0.1) is 0 Å². The molecule has 0 saturated heterocycles. The summed E-state index contributed by atoms with van der Waals surface area (Å²) < 4.78 is 0. The zero-order valence-corrected chi connectivity index (χ0v) is 6.89. The van der Waals surface area contributed by atoms with Gasteiger partial charge in [0.2, 0.25) is 6.54 Å². The lowest BCUT2D eigenvalue weighted by atomic mass is 10.1. The van der Waals surface area contributed by atoms with Crippen molar-refractivity contribution in [1.29, 1.82) is 0 Å². The molecule has 1 rings (SSSR count). The maximum Gasteiger partial charge on any atom is 0.240 e. The van der Waals surface area contributed by atoms with Crippen LogP contribution in [0.4, 0.5) is 0 Å². The van der Waals surface area contributed by atoms with Crippen LogP contribution in [0.5, 0.6) is 0 Å². The van der Waals surface area contributed by atoms with Gasteiger partial charge in [0.15, 0.2) is 0 Å². The van der Waals surface area contributed by atoms with Crippen LogP contribution in [-0.2, 0) is 6.54 Å². The average molecular weight is 145 g/mol. The Morgan fingerprint density at radius 1 is 1.36 bits per heavy atom. The van der Waals surface area contributed by atoms with Gasteiger partial charge in [-0.2, -0.15) is 0 Å². The second kappa shape index (κ2) is 3.21.